The SMILES string of the molecule is C[C@@H](N)CN1CC(F)C1. The topological polar surface area (TPSA) is 29.3 Å². The van der Waals surface area contributed by atoms with Gasteiger partial charge in [0, 0.05) is 25.7 Å². The van der Waals surface area contributed by atoms with E-state index in [1.807, 2.05) is 11.8 Å². The molecule has 1 rings (SSSR count). The molecule has 2 nitrogen and oxygen atoms in total. The van der Waals surface area contributed by atoms with E-state index in [2.05, 4.69) is 0 Å². The summed E-state index contributed by atoms with van der Waals surface area (Å²) in [7, 11) is 0. The molecule has 1 atom stereocenters. The smallest absolute Gasteiger partial charge is 0.125 e. The number of likely N-dealkylation sites (tertiary alicyclic amines) is 1. The minimum Gasteiger partial charge on any atom is -0.327 e. The van der Waals surface area contributed by atoms with E-state index in [0.29, 0.717) is 13.1 Å². The van der Waals surface area contributed by atoms with E-state index in [1.165, 1.54) is 0 Å². The number of halogens is 1. The average molecular weight is 132 g/mol. The Kier molecular flexibility index (Phi) is 2.03. The highest BCUT2D eigenvalue weighted by molar-refractivity contribution is 4.80. The molecule has 1 fully saturated rings. The van der Waals surface area contributed by atoms with Crippen molar-refractivity contribution in [2.24, 2.45) is 5.73 Å². The van der Waals surface area contributed by atoms with Crippen LogP contribution >= 0.6 is 0 Å². The molecule has 1 heterocycles. The Hall–Kier alpha value is -0.150. The summed E-state index contributed by atoms with van der Waals surface area (Å²) in [6.45, 7) is 3.94. The van der Waals surface area contributed by atoms with Crippen LogP contribution in [0.2, 0.25) is 0 Å². The van der Waals surface area contributed by atoms with E-state index in [1.54, 1.807) is 0 Å². The minimum atomic E-state index is -0.594. The second-order valence-corrected chi connectivity index (χ2v) is 2.79. The molecule has 1 saturated heterocycles. The Bertz CT molecular complexity index is 89.1. The van der Waals surface area contributed by atoms with E-state index in [-0.39, 0.29) is 6.04 Å². The molecule has 54 valence electrons. The Labute approximate surface area is 54.8 Å². The molecule has 0 bridgehead atoms. The summed E-state index contributed by atoms with van der Waals surface area (Å²) in [5, 5.41) is 0. The van der Waals surface area contributed by atoms with Crippen molar-refractivity contribution in [3.05, 3.63) is 0 Å². The molecule has 0 saturated carbocycles. The first-order valence-corrected chi connectivity index (χ1v) is 3.30. The highest BCUT2D eigenvalue weighted by Crippen LogP contribution is 2.10. The average Bonchev–Trinajstić information content (AvgIpc) is 1.60. The standard InChI is InChI=1S/C6H13FN2/c1-5(8)2-9-3-6(7)4-9/h5-6H,2-4,8H2,1H3/t5-/m1/s1. The Morgan fingerprint density at radius 2 is 2.33 bits per heavy atom. The van der Waals surface area contributed by atoms with Gasteiger partial charge in [-0.1, -0.05) is 0 Å². The maximum absolute atomic E-state index is 12.1. The molecule has 1 aliphatic heterocycles. The first kappa shape index (κ1) is 6.96. The molecule has 0 aliphatic carbocycles. The number of nitrogens with two attached hydrogens (primary N) is 1. The van der Waals surface area contributed by atoms with E-state index in [4.69, 9.17) is 5.73 Å². The van der Waals surface area contributed by atoms with Crippen LogP contribution in [0.25, 0.3) is 0 Å². The summed E-state index contributed by atoms with van der Waals surface area (Å²) in [4.78, 5) is 2.02. The molecule has 0 amide bonds. The number of nitrogens with zero attached hydrogens (tertiary/aromatic N) is 1. The summed E-state index contributed by atoms with van der Waals surface area (Å²) >= 11 is 0. The number of rotatable bonds is 2. The van der Waals surface area contributed by atoms with Gasteiger partial charge < -0.3 is 5.73 Å². The summed E-state index contributed by atoms with van der Waals surface area (Å²) < 4.78 is 12.1. The van der Waals surface area contributed by atoms with Crippen LogP contribution in [0.3, 0.4) is 0 Å². The van der Waals surface area contributed by atoms with Crippen LogP contribution < -0.4 is 5.73 Å². The molecule has 1 aliphatic rings. The number of hydrogen-bond acceptors (Lipinski definition) is 2. The maximum atomic E-state index is 12.1. The zero-order chi connectivity index (χ0) is 6.85. The Morgan fingerprint density at radius 3 is 2.67 bits per heavy atom. The fourth-order valence-corrected chi connectivity index (χ4v) is 1.06. The number of alkyl halides is 1. The molecule has 2 N–H and O–H groups in total. The predicted molar refractivity (Wildman–Crippen MR) is 35.0 cm³/mol. The lowest BCUT2D eigenvalue weighted by molar-refractivity contribution is 0.0621. The molecule has 0 spiro atoms. The van der Waals surface area contributed by atoms with Crippen LogP contribution in [0.1, 0.15) is 6.92 Å². The van der Waals surface area contributed by atoms with Crippen LogP contribution in [-0.4, -0.2) is 36.7 Å². The first-order chi connectivity index (χ1) is 4.18. The van der Waals surface area contributed by atoms with Gasteiger partial charge in [-0.05, 0) is 6.92 Å². The molecular weight excluding hydrogens is 119 g/mol. The summed E-state index contributed by atoms with van der Waals surface area (Å²) in [6.07, 6.45) is -0.594. The molecular formula is C6H13FN2. The van der Waals surface area contributed by atoms with Crippen molar-refractivity contribution in [2.75, 3.05) is 19.6 Å². The number of hydrogen-bond donors (Lipinski definition) is 1. The van der Waals surface area contributed by atoms with Crippen molar-refractivity contribution in [3.63, 3.8) is 0 Å². The van der Waals surface area contributed by atoms with Crippen molar-refractivity contribution < 1.29 is 4.39 Å². The van der Waals surface area contributed by atoms with Crippen molar-refractivity contribution in [1.82, 2.24) is 4.90 Å². The van der Waals surface area contributed by atoms with Gasteiger partial charge in [0.15, 0.2) is 0 Å². The Balaban J connectivity index is 2.04. The lowest BCUT2D eigenvalue weighted by atomic mass is 10.1. The molecule has 0 aromatic heterocycles. The van der Waals surface area contributed by atoms with Gasteiger partial charge in [-0.15, -0.1) is 0 Å². The largest absolute Gasteiger partial charge is 0.327 e. The second-order valence-electron chi connectivity index (χ2n) is 2.79. The van der Waals surface area contributed by atoms with Crippen LogP contribution in [0.4, 0.5) is 4.39 Å². The van der Waals surface area contributed by atoms with Crippen LogP contribution in [0, 0.1) is 0 Å². The lowest BCUT2D eigenvalue weighted by Crippen LogP contribution is -2.51. The van der Waals surface area contributed by atoms with Gasteiger partial charge in [-0.3, -0.25) is 4.90 Å². The fraction of sp³-hybridized carbons (Fsp3) is 1.00. The van der Waals surface area contributed by atoms with Gasteiger partial charge in [0.25, 0.3) is 0 Å². The van der Waals surface area contributed by atoms with Gasteiger partial charge >= 0.3 is 0 Å². The monoisotopic (exact) mass is 132 g/mol. The minimum absolute atomic E-state index is 0.178. The molecule has 9 heavy (non-hydrogen) atoms. The van der Waals surface area contributed by atoms with Crippen LogP contribution in [0.5, 0.6) is 0 Å². The van der Waals surface area contributed by atoms with Gasteiger partial charge in [0.1, 0.15) is 6.17 Å². The summed E-state index contributed by atoms with van der Waals surface area (Å²) in [5.74, 6) is 0. The van der Waals surface area contributed by atoms with Crippen LogP contribution in [-0.2, 0) is 0 Å². The first-order valence-electron chi connectivity index (χ1n) is 3.30. The van der Waals surface area contributed by atoms with Crippen molar-refractivity contribution in [1.29, 1.82) is 0 Å². The highest BCUT2D eigenvalue weighted by atomic mass is 19.1. The lowest BCUT2D eigenvalue weighted by Gasteiger charge is -2.35. The molecule has 0 aromatic carbocycles. The maximum Gasteiger partial charge on any atom is 0.125 e. The van der Waals surface area contributed by atoms with E-state index in [9.17, 15) is 4.39 Å². The quantitative estimate of drug-likeness (QED) is 0.572. The third kappa shape index (κ3) is 1.91. The molecule has 0 aromatic rings. The molecule has 0 unspecified atom stereocenters. The van der Waals surface area contributed by atoms with Gasteiger partial charge in [0.2, 0.25) is 0 Å². The van der Waals surface area contributed by atoms with E-state index < -0.39 is 6.17 Å². The van der Waals surface area contributed by atoms with Gasteiger partial charge in [-0.25, -0.2) is 4.39 Å². The zero-order valence-electron chi connectivity index (χ0n) is 5.68. The van der Waals surface area contributed by atoms with Crippen LogP contribution in [0.15, 0.2) is 0 Å². The molecule has 0 radical (unpaired) electrons. The normalized spacial score (nSPS) is 25.7. The summed E-state index contributed by atoms with van der Waals surface area (Å²) in [6, 6.07) is 0.178. The van der Waals surface area contributed by atoms with Gasteiger partial charge in [-0.2, -0.15) is 0 Å². The van der Waals surface area contributed by atoms with Crippen molar-refractivity contribution >= 4 is 0 Å². The third-order valence-corrected chi connectivity index (χ3v) is 1.46. The Morgan fingerprint density at radius 1 is 1.78 bits per heavy atom. The fourth-order valence-electron chi connectivity index (χ4n) is 1.06. The summed E-state index contributed by atoms with van der Waals surface area (Å²) in [5.41, 5.74) is 5.48. The zero-order valence-corrected chi connectivity index (χ0v) is 5.68. The highest BCUT2D eigenvalue weighted by Gasteiger charge is 2.25. The molecule has 3 heteroatoms. The van der Waals surface area contributed by atoms with Crippen molar-refractivity contribution in [3.8, 4) is 0 Å². The van der Waals surface area contributed by atoms with Crippen molar-refractivity contribution in [2.45, 2.75) is 19.1 Å². The third-order valence-electron chi connectivity index (χ3n) is 1.46. The van der Waals surface area contributed by atoms with E-state index in [0.717, 1.165) is 6.54 Å². The predicted octanol–water partition coefficient (Wildman–Crippen LogP) is -0.0127. The van der Waals surface area contributed by atoms with E-state index >= 15 is 0 Å². The second kappa shape index (κ2) is 2.62. The van der Waals surface area contributed by atoms with Gasteiger partial charge in [0.05, 0.1) is 0 Å².